The molecule has 104 valence electrons. The normalized spacial score (nSPS) is 11.4. The summed E-state index contributed by atoms with van der Waals surface area (Å²) in [4.78, 5) is 12.3. The van der Waals surface area contributed by atoms with Crippen LogP contribution in [0.3, 0.4) is 0 Å². The van der Waals surface area contributed by atoms with Crippen molar-refractivity contribution in [3.8, 4) is 0 Å². The molecule has 0 saturated heterocycles. The van der Waals surface area contributed by atoms with E-state index in [4.69, 9.17) is 5.73 Å². The van der Waals surface area contributed by atoms with Crippen LogP contribution in [0, 0.1) is 5.82 Å². The lowest BCUT2D eigenvalue weighted by Gasteiger charge is -2.19. The largest absolute Gasteiger partial charge is 0.399 e. The highest BCUT2D eigenvalue weighted by molar-refractivity contribution is 6.09. The number of benzene rings is 2. The number of rotatable bonds is 2. The maximum atomic E-state index is 13.8. The molecule has 0 heterocycles. The van der Waals surface area contributed by atoms with Crippen LogP contribution in [0.15, 0.2) is 42.5 Å². The number of carbonyl (C=O) groups excluding carboxylic acids is 1. The van der Waals surface area contributed by atoms with Crippen molar-refractivity contribution in [2.75, 3.05) is 5.73 Å². The molecule has 2 aromatic rings. The summed E-state index contributed by atoms with van der Waals surface area (Å²) in [5, 5.41) is 0. The predicted molar refractivity (Wildman–Crippen MR) is 79.4 cm³/mol. The van der Waals surface area contributed by atoms with Crippen molar-refractivity contribution in [2.45, 2.75) is 26.2 Å². The van der Waals surface area contributed by atoms with E-state index in [1.807, 2.05) is 12.1 Å². The minimum atomic E-state index is -0.588. The van der Waals surface area contributed by atoms with E-state index in [0.29, 0.717) is 11.3 Å². The molecule has 0 unspecified atom stereocenters. The average Bonchev–Trinajstić information content (AvgIpc) is 2.37. The van der Waals surface area contributed by atoms with Gasteiger partial charge in [-0.05, 0) is 29.2 Å². The Labute approximate surface area is 118 Å². The van der Waals surface area contributed by atoms with Crippen LogP contribution >= 0.6 is 0 Å². The third-order valence-electron chi connectivity index (χ3n) is 3.25. The average molecular weight is 271 g/mol. The van der Waals surface area contributed by atoms with Crippen LogP contribution in [0.5, 0.6) is 0 Å². The first-order valence-electron chi connectivity index (χ1n) is 6.49. The standard InChI is InChI=1S/C17H18FNO/c1-17(2,3)12-6-4-11(5-7-12)16(20)14-9-8-13(19)10-15(14)18/h4-10H,19H2,1-3H3. The molecule has 0 fully saturated rings. The molecule has 0 atom stereocenters. The fourth-order valence-electron chi connectivity index (χ4n) is 1.99. The maximum absolute atomic E-state index is 13.8. The number of anilines is 1. The van der Waals surface area contributed by atoms with Crippen LogP contribution in [0.2, 0.25) is 0 Å². The van der Waals surface area contributed by atoms with Crippen LogP contribution in [0.1, 0.15) is 42.3 Å². The van der Waals surface area contributed by atoms with Gasteiger partial charge in [-0.3, -0.25) is 4.79 Å². The van der Waals surface area contributed by atoms with Gasteiger partial charge in [-0.15, -0.1) is 0 Å². The lowest BCUT2D eigenvalue weighted by Crippen LogP contribution is -2.11. The summed E-state index contributed by atoms with van der Waals surface area (Å²) in [5.41, 5.74) is 7.46. The Morgan fingerprint density at radius 2 is 1.65 bits per heavy atom. The third-order valence-corrected chi connectivity index (χ3v) is 3.25. The van der Waals surface area contributed by atoms with Crippen LogP contribution in [0.4, 0.5) is 10.1 Å². The topological polar surface area (TPSA) is 43.1 Å². The van der Waals surface area contributed by atoms with E-state index in [0.717, 1.165) is 11.6 Å². The highest BCUT2D eigenvalue weighted by atomic mass is 19.1. The molecule has 0 radical (unpaired) electrons. The lowest BCUT2D eigenvalue weighted by molar-refractivity contribution is 0.103. The van der Waals surface area contributed by atoms with Crippen LogP contribution in [-0.4, -0.2) is 5.78 Å². The van der Waals surface area contributed by atoms with E-state index in [9.17, 15) is 9.18 Å². The Balaban J connectivity index is 2.34. The monoisotopic (exact) mass is 271 g/mol. The first-order valence-corrected chi connectivity index (χ1v) is 6.49. The summed E-state index contributed by atoms with van der Waals surface area (Å²) in [7, 11) is 0. The van der Waals surface area contributed by atoms with Crippen LogP contribution in [0.25, 0.3) is 0 Å². The minimum Gasteiger partial charge on any atom is -0.399 e. The van der Waals surface area contributed by atoms with E-state index in [-0.39, 0.29) is 16.8 Å². The first kappa shape index (κ1) is 14.3. The van der Waals surface area contributed by atoms with Gasteiger partial charge in [0, 0.05) is 11.3 Å². The number of hydrogen-bond acceptors (Lipinski definition) is 2. The highest BCUT2D eigenvalue weighted by Crippen LogP contribution is 2.23. The molecule has 20 heavy (non-hydrogen) atoms. The SMILES string of the molecule is CC(C)(C)c1ccc(C(=O)c2ccc(N)cc2F)cc1. The molecule has 2 rings (SSSR count). The molecular weight excluding hydrogens is 253 g/mol. The van der Waals surface area contributed by atoms with Crippen molar-refractivity contribution < 1.29 is 9.18 Å². The third kappa shape index (κ3) is 2.87. The molecule has 2 aromatic carbocycles. The van der Waals surface area contributed by atoms with Gasteiger partial charge in [0.05, 0.1) is 5.56 Å². The van der Waals surface area contributed by atoms with Crippen molar-refractivity contribution >= 4 is 11.5 Å². The van der Waals surface area contributed by atoms with E-state index in [2.05, 4.69) is 20.8 Å². The molecule has 0 spiro atoms. The van der Waals surface area contributed by atoms with Gasteiger partial charge in [0.15, 0.2) is 5.78 Å². The highest BCUT2D eigenvalue weighted by Gasteiger charge is 2.17. The summed E-state index contributed by atoms with van der Waals surface area (Å²) < 4.78 is 13.8. The van der Waals surface area contributed by atoms with Gasteiger partial charge in [0.2, 0.25) is 0 Å². The van der Waals surface area contributed by atoms with Crippen molar-refractivity contribution in [1.29, 1.82) is 0 Å². The Hall–Kier alpha value is -2.16. The molecule has 0 aliphatic heterocycles. The molecular formula is C17H18FNO. The number of halogens is 1. The molecule has 0 bridgehead atoms. The summed E-state index contributed by atoms with van der Waals surface area (Å²) in [6.45, 7) is 6.30. The van der Waals surface area contributed by atoms with Gasteiger partial charge >= 0.3 is 0 Å². The summed E-state index contributed by atoms with van der Waals surface area (Å²) >= 11 is 0. The second kappa shape index (κ2) is 5.08. The zero-order valence-electron chi connectivity index (χ0n) is 11.9. The zero-order valence-corrected chi connectivity index (χ0v) is 11.9. The molecule has 2 nitrogen and oxygen atoms in total. The second-order valence-electron chi connectivity index (χ2n) is 5.90. The second-order valence-corrected chi connectivity index (χ2v) is 5.90. The van der Waals surface area contributed by atoms with E-state index < -0.39 is 5.82 Å². The number of hydrogen-bond donors (Lipinski definition) is 1. The quantitative estimate of drug-likeness (QED) is 0.664. The number of nitrogen functional groups attached to an aromatic ring is 1. The van der Waals surface area contributed by atoms with Crippen LogP contribution < -0.4 is 5.73 Å². The lowest BCUT2D eigenvalue weighted by atomic mass is 9.86. The molecule has 0 aromatic heterocycles. The van der Waals surface area contributed by atoms with Crippen LogP contribution in [-0.2, 0) is 5.41 Å². The van der Waals surface area contributed by atoms with E-state index >= 15 is 0 Å². The van der Waals surface area contributed by atoms with Gasteiger partial charge in [0.1, 0.15) is 5.82 Å². The number of nitrogens with two attached hydrogens (primary N) is 1. The Kier molecular flexibility index (Phi) is 3.62. The number of carbonyl (C=O) groups is 1. The molecule has 0 saturated carbocycles. The van der Waals surface area contributed by atoms with Crippen molar-refractivity contribution in [2.24, 2.45) is 0 Å². The molecule has 0 aliphatic carbocycles. The summed E-state index contributed by atoms with van der Waals surface area (Å²) in [5.74, 6) is -0.919. The van der Waals surface area contributed by atoms with Crippen molar-refractivity contribution in [1.82, 2.24) is 0 Å². The molecule has 0 aliphatic rings. The fourth-order valence-corrected chi connectivity index (χ4v) is 1.99. The smallest absolute Gasteiger partial charge is 0.195 e. The maximum Gasteiger partial charge on any atom is 0.195 e. The fraction of sp³-hybridized carbons (Fsp3) is 0.235. The molecule has 0 amide bonds. The van der Waals surface area contributed by atoms with E-state index in [1.54, 1.807) is 12.1 Å². The van der Waals surface area contributed by atoms with Gasteiger partial charge < -0.3 is 5.73 Å². The van der Waals surface area contributed by atoms with Gasteiger partial charge in [-0.2, -0.15) is 0 Å². The number of ketones is 1. The molecule has 2 N–H and O–H groups in total. The predicted octanol–water partition coefficient (Wildman–Crippen LogP) is 3.94. The molecule has 3 heteroatoms. The summed E-state index contributed by atoms with van der Waals surface area (Å²) in [6.07, 6.45) is 0. The zero-order chi connectivity index (χ0) is 14.9. The minimum absolute atomic E-state index is 0.0219. The Bertz CT molecular complexity index is 639. The Morgan fingerprint density at radius 3 is 2.15 bits per heavy atom. The van der Waals surface area contributed by atoms with Gasteiger partial charge in [-0.25, -0.2) is 4.39 Å². The van der Waals surface area contributed by atoms with Gasteiger partial charge in [0.25, 0.3) is 0 Å². The first-order chi connectivity index (χ1) is 9.29. The van der Waals surface area contributed by atoms with Crippen molar-refractivity contribution in [3.63, 3.8) is 0 Å². The van der Waals surface area contributed by atoms with Gasteiger partial charge in [-0.1, -0.05) is 45.0 Å². The summed E-state index contributed by atoms with van der Waals surface area (Å²) in [6, 6.07) is 11.4. The van der Waals surface area contributed by atoms with Crippen molar-refractivity contribution in [3.05, 3.63) is 65.0 Å². The Morgan fingerprint density at radius 1 is 1.05 bits per heavy atom. The van der Waals surface area contributed by atoms with E-state index in [1.165, 1.54) is 12.1 Å².